The molecular weight excluding hydrogens is 202 g/mol. The van der Waals surface area contributed by atoms with E-state index in [0.29, 0.717) is 24.5 Å². The maximum atomic E-state index is 11.5. The Morgan fingerprint density at radius 1 is 1.50 bits per heavy atom. The minimum Gasteiger partial charge on any atom is -0.297 e. The Morgan fingerprint density at radius 2 is 2.29 bits per heavy atom. The normalized spacial score (nSPS) is 21.9. The predicted molar refractivity (Wildman–Crippen MR) is 55.7 cm³/mol. The zero-order chi connectivity index (χ0) is 10.1. The monoisotopic (exact) mass is 213 g/mol. The minimum atomic E-state index is -0.220. The van der Waals surface area contributed by atoms with Gasteiger partial charge in [0.15, 0.2) is 0 Å². The van der Waals surface area contributed by atoms with Gasteiger partial charge < -0.3 is 0 Å². The van der Waals surface area contributed by atoms with Crippen LogP contribution in [0.15, 0.2) is 10.9 Å². The Bertz CT molecular complexity index is 397. The molecule has 76 valence electrons. The molecule has 6 heteroatoms. The molecule has 1 saturated heterocycles. The molecule has 14 heavy (non-hydrogen) atoms. The van der Waals surface area contributed by atoms with E-state index < -0.39 is 0 Å². The summed E-state index contributed by atoms with van der Waals surface area (Å²) < 4.78 is 0. The van der Waals surface area contributed by atoms with Crippen LogP contribution in [0.25, 0.3) is 0 Å². The Labute approximate surface area is 85.9 Å². The van der Waals surface area contributed by atoms with Crippen LogP contribution in [-0.4, -0.2) is 28.4 Å². The lowest BCUT2D eigenvalue weighted by atomic mass is 10.1. The van der Waals surface area contributed by atoms with Gasteiger partial charge in [-0.15, -0.1) is 0 Å². The average Bonchev–Trinajstić information content (AvgIpc) is 2.71. The lowest BCUT2D eigenvalue weighted by Gasteiger charge is -2.12. The summed E-state index contributed by atoms with van der Waals surface area (Å²) in [5, 5.41) is 5.07. The number of thiol groups is 1. The number of amides is 1. The van der Waals surface area contributed by atoms with Crippen LogP contribution in [0, 0.1) is 5.92 Å². The average molecular weight is 213 g/mol. The van der Waals surface area contributed by atoms with E-state index >= 15 is 0 Å². The van der Waals surface area contributed by atoms with Gasteiger partial charge in [0, 0.05) is 19.0 Å². The van der Waals surface area contributed by atoms with Crippen molar-refractivity contribution in [2.45, 2.75) is 6.42 Å². The molecule has 2 N–H and O–H groups in total. The highest BCUT2D eigenvalue weighted by atomic mass is 32.1. The minimum absolute atomic E-state index is 0.0410. The van der Waals surface area contributed by atoms with Crippen molar-refractivity contribution in [1.29, 1.82) is 0 Å². The zero-order valence-electron chi connectivity index (χ0n) is 7.49. The van der Waals surface area contributed by atoms with E-state index in [1.807, 2.05) is 0 Å². The summed E-state index contributed by atoms with van der Waals surface area (Å²) in [6.45, 7) is 0.635. The first kappa shape index (κ1) is 9.39. The molecule has 0 aromatic carbocycles. The van der Waals surface area contributed by atoms with Crippen LogP contribution in [0.3, 0.4) is 0 Å². The SMILES string of the molecule is O=C1CC(CS)CN1c1cc(=O)[nH][nH]1. The second kappa shape index (κ2) is 3.53. The highest BCUT2D eigenvalue weighted by Gasteiger charge is 2.30. The Morgan fingerprint density at radius 3 is 2.79 bits per heavy atom. The number of anilines is 1. The van der Waals surface area contributed by atoms with Gasteiger partial charge in [0.25, 0.3) is 5.56 Å². The fourth-order valence-corrected chi connectivity index (χ4v) is 1.85. The Balaban J connectivity index is 2.20. The molecule has 1 aliphatic heterocycles. The summed E-state index contributed by atoms with van der Waals surface area (Å²) in [6.07, 6.45) is 0.511. The predicted octanol–water partition coefficient (Wildman–Crippen LogP) is -0.0143. The van der Waals surface area contributed by atoms with Gasteiger partial charge in [0.2, 0.25) is 5.91 Å². The van der Waals surface area contributed by atoms with Gasteiger partial charge in [-0.25, -0.2) is 0 Å². The molecule has 0 radical (unpaired) electrons. The molecule has 0 saturated carbocycles. The maximum Gasteiger partial charge on any atom is 0.266 e. The van der Waals surface area contributed by atoms with Gasteiger partial charge in [-0.05, 0) is 11.7 Å². The number of carbonyl (C=O) groups is 1. The van der Waals surface area contributed by atoms with E-state index in [0.717, 1.165) is 0 Å². The molecule has 1 fully saturated rings. The summed E-state index contributed by atoms with van der Waals surface area (Å²) in [4.78, 5) is 24.0. The standard InChI is InChI=1S/C8H11N3O2S/c12-7-2-6(9-10-7)11-3-5(4-14)1-8(11)13/h2,5,14H,1,3-4H2,(H2,9,10,12). The second-order valence-corrected chi connectivity index (χ2v) is 3.77. The lowest BCUT2D eigenvalue weighted by Crippen LogP contribution is -2.25. The Hall–Kier alpha value is -1.17. The van der Waals surface area contributed by atoms with Gasteiger partial charge in [-0.1, -0.05) is 0 Å². The second-order valence-electron chi connectivity index (χ2n) is 3.40. The van der Waals surface area contributed by atoms with Crippen molar-refractivity contribution in [1.82, 2.24) is 10.2 Å². The molecule has 2 heterocycles. The number of aromatic amines is 2. The van der Waals surface area contributed by atoms with Crippen LogP contribution in [0.5, 0.6) is 0 Å². The van der Waals surface area contributed by atoms with Crippen molar-refractivity contribution in [2.24, 2.45) is 5.92 Å². The first-order valence-corrected chi connectivity index (χ1v) is 5.03. The Kier molecular flexibility index (Phi) is 2.37. The quantitative estimate of drug-likeness (QED) is 0.605. The number of hydrogen-bond donors (Lipinski definition) is 3. The molecule has 1 atom stereocenters. The summed E-state index contributed by atoms with van der Waals surface area (Å²) in [5.41, 5.74) is -0.220. The number of rotatable bonds is 2. The number of aromatic nitrogens is 2. The van der Waals surface area contributed by atoms with E-state index in [1.165, 1.54) is 6.07 Å². The fourth-order valence-electron chi connectivity index (χ4n) is 1.60. The van der Waals surface area contributed by atoms with Crippen LogP contribution < -0.4 is 10.5 Å². The van der Waals surface area contributed by atoms with Crippen LogP contribution in [0.4, 0.5) is 5.82 Å². The molecule has 0 bridgehead atoms. The van der Waals surface area contributed by atoms with Crippen molar-refractivity contribution in [3.63, 3.8) is 0 Å². The van der Waals surface area contributed by atoms with E-state index in [-0.39, 0.29) is 17.4 Å². The molecule has 1 aliphatic rings. The number of H-pyrrole nitrogens is 2. The lowest BCUT2D eigenvalue weighted by molar-refractivity contribution is -0.117. The molecule has 2 rings (SSSR count). The number of carbonyl (C=O) groups excluding carboxylic acids is 1. The van der Waals surface area contributed by atoms with Crippen LogP contribution in [0.2, 0.25) is 0 Å². The van der Waals surface area contributed by atoms with E-state index in [2.05, 4.69) is 22.8 Å². The molecular formula is C8H11N3O2S. The zero-order valence-corrected chi connectivity index (χ0v) is 8.38. The molecule has 0 spiro atoms. The number of nitrogens with zero attached hydrogens (tertiary/aromatic N) is 1. The van der Waals surface area contributed by atoms with Crippen molar-refractivity contribution in [2.75, 3.05) is 17.2 Å². The van der Waals surface area contributed by atoms with E-state index in [4.69, 9.17) is 0 Å². The maximum absolute atomic E-state index is 11.5. The third kappa shape index (κ3) is 1.57. The molecule has 1 amide bonds. The summed E-state index contributed by atoms with van der Waals surface area (Å²) >= 11 is 4.16. The highest BCUT2D eigenvalue weighted by molar-refractivity contribution is 7.80. The van der Waals surface area contributed by atoms with Gasteiger partial charge in [0.1, 0.15) is 5.82 Å². The number of hydrogen-bond acceptors (Lipinski definition) is 3. The van der Waals surface area contributed by atoms with Crippen LogP contribution in [-0.2, 0) is 4.79 Å². The van der Waals surface area contributed by atoms with E-state index in [1.54, 1.807) is 4.90 Å². The summed E-state index contributed by atoms with van der Waals surface area (Å²) in [6, 6.07) is 1.39. The van der Waals surface area contributed by atoms with Crippen LogP contribution >= 0.6 is 12.6 Å². The van der Waals surface area contributed by atoms with Gasteiger partial charge >= 0.3 is 0 Å². The molecule has 1 unspecified atom stereocenters. The van der Waals surface area contributed by atoms with Gasteiger partial charge in [0.05, 0.1) is 0 Å². The molecule has 1 aromatic heterocycles. The van der Waals surface area contributed by atoms with E-state index in [9.17, 15) is 9.59 Å². The fraction of sp³-hybridized carbons (Fsp3) is 0.500. The van der Waals surface area contributed by atoms with Crippen LogP contribution in [0.1, 0.15) is 6.42 Å². The highest BCUT2D eigenvalue weighted by Crippen LogP contribution is 2.22. The molecule has 5 nitrogen and oxygen atoms in total. The smallest absolute Gasteiger partial charge is 0.266 e. The summed E-state index contributed by atoms with van der Waals surface area (Å²) in [7, 11) is 0. The third-order valence-electron chi connectivity index (χ3n) is 2.34. The first-order valence-electron chi connectivity index (χ1n) is 4.39. The largest absolute Gasteiger partial charge is 0.297 e. The van der Waals surface area contributed by atoms with Crippen molar-refractivity contribution in [3.05, 3.63) is 16.4 Å². The van der Waals surface area contributed by atoms with Crippen molar-refractivity contribution < 1.29 is 4.79 Å². The summed E-state index contributed by atoms with van der Waals surface area (Å²) in [5.74, 6) is 1.56. The topological polar surface area (TPSA) is 69.0 Å². The number of nitrogens with one attached hydrogen (secondary N) is 2. The van der Waals surface area contributed by atoms with Gasteiger partial charge in [-0.3, -0.25) is 24.7 Å². The molecule has 1 aromatic rings. The third-order valence-corrected chi connectivity index (χ3v) is 2.85. The molecule has 0 aliphatic carbocycles. The van der Waals surface area contributed by atoms with Crippen molar-refractivity contribution >= 4 is 24.4 Å². The first-order chi connectivity index (χ1) is 6.70. The van der Waals surface area contributed by atoms with Crippen molar-refractivity contribution in [3.8, 4) is 0 Å². The van der Waals surface area contributed by atoms with Gasteiger partial charge in [-0.2, -0.15) is 12.6 Å².